The van der Waals surface area contributed by atoms with Crippen LogP contribution in [-0.4, -0.2) is 110 Å². The number of nitrogens with zero attached hydrogens (tertiary/aromatic N) is 7. The van der Waals surface area contributed by atoms with Crippen LogP contribution in [0.3, 0.4) is 0 Å². The third-order valence-corrected chi connectivity index (χ3v) is 9.11. The molecule has 2 fully saturated rings. The Kier molecular flexibility index (Phi) is 11.6. The molecule has 15 heteroatoms. The van der Waals surface area contributed by atoms with Gasteiger partial charge in [-0.2, -0.15) is 4.98 Å². The highest BCUT2D eigenvalue weighted by Gasteiger charge is 2.27. The minimum Gasteiger partial charge on any atom is -0.494 e. The lowest BCUT2D eigenvalue weighted by Gasteiger charge is -2.37. The second-order valence-electron chi connectivity index (χ2n) is 13.5. The van der Waals surface area contributed by atoms with Gasteiger partial charge in [-0.25, -0.2) is 9.78 Å². The van der Waals surface area contributed by atoms with Gasteiger partial charge in [0.25, 0.3) is 0 Å². The van der Waals surface area contributed by atoms with E-state index in [0.717, 1.165) is 24.5 Å². The molecule has 2 aromatic carbocycles. The van der Waals surface area contributed by atoms with Crippen LogP contribution in [-0.2, 0) is 14.3 Å². The second-order valence-corrected chi connectivity index (χ2v) is 13.9. The van der Waals surface area contributed by atoms with E-state index in [1.54, 1.807) is 30.9 Å². The number of ether oxygens (including phenoxy) is 2. The van der Waals surface area contributed by atoms with Crippen molar-refractivity contribution in [1.29, 1.82) is 0 Å². The van der Waals surface area contributed by atoms with E-state index in [1.807, 2.05) is 69.0 Å². The summed E-state index contributed by atoms with van der Waals surface area (Å²) in [6, 6.07) is 11.7. The molecule has 3 aromatic rings. The molecule has 0 unspecified atom stereocenters. The third-order valence-electron chi connectivity index (χ3n) is 8.83. The van der Waals surface area contributed by atoms with Gasteiger partial charge in [-0.15, -0.1) is 0 Å². The Labute approximate surface area is 304 Å². The first-order valence-electron chi connectivity index (χ1n) is 17.1. The molecule has 0 radical (unpaired) electrons. The van der Waals surface area contributed by atoms with E-state index in [1.165, 1.54) is 6.20 Å². The summed E-state index contributed by atoms with van der Waals surface area (Å²) in [5, 5.41) is 6.86. The number of hydrogen-bond acceptors (Lipinski definition) is 11. The molecule has 5 rings (SSSR count). The summed E-state index contributed by atoms with van der Waals surface area (Å²) < 4.78 is 11.3. The quantitative estimate of drug-likeness (QED) is 0.281. The molecule has 0 bridgehead atoms. The zero-order valence-electron chi connectivity index (χ0n) is 30.5. The van der Waals surface area contributed by atoms with Crippen LogP contribution in [0.5, 0.6) is 5.75 Å². The number of rotatable bonds is 9. The van der Waals surface area contributed by atoms with Gasteiger partial charge in [0.15, 0.2) is 5.82 Å². The summed E-state index contributed by atoms with van der Waals surface area (Å²) in [4.78, 5) is 55.9. The molecule has 2 aliphatic heterocycles. The van der Waals surface area contributed by atoms with Crippen LogP contribution in [0.4, 0.5) is 45.0 Å². The Bertz CT molecular complexity index is 1730. The molecule has 2 aliphatic rings. The van der Waals surface area contributed by atoms with Crippen LogP contribution in [0.1, 0.15) is 41.0 Å². The molecule has 274 valence electrons. The topological polar surface area (TPSA) is 136 Å². The molecule has 1 aromatic heterocycles. The number of nitrogens with one attached hydrogen (secondary N) is 2. The Morgan fingerprint density at radius 1 is 0.882 bits per heavy atom. The third kappa shape index (κ3) is 9.23. The summed E-state index contributed by atoms with van der Waals surface area (Å²) in [5.41, 5.74) is 3.31. The average Bonchev–Trinajstić information content (AvgIpc) is 3.12. The van der Waals surface area contributed by atoms with Crippen LogP contribution in [0.15, 0.2) is 42.6 Å². The highest BCUT2D eigenvalue weighted by atomic mass is 35.5. The number of hydrogen-bond donors (Lipinski definition) is 2. The highest BCUT2D eigenvalue weighted by molar-refractivity contribution is 6.33. The van der Waals surface area contributed by atoms with Crippen LogP contribution in [0, 0.1) is 0 Å². The largest absolute Gasteiger partial charge is 0.494 e. The van der Waals surface area contributed by atoms with Crippen molar-refractivity contribution < 1.29 is 23.9 Å². The lowest BCUT2D eigenvalue weighted by Crippen LogP contribution is -2.50. The minimum atomic E-state index is -0.556. The van der Waals surface area contributed by atoms with Crippen molar-refractivity contribution >= 4 is 69.7 Å². The maximum atomic E-state index is 12.9. The Balaban J connectivity index is 1.33. The van der Waals surface area contributed by atoms with E-state index in [9.17, 15) is 14.4 Å². The van der Waals surface area contributed by atoms with E-state index in [-0.39, 0.29) is 17.9 Å². The van der Waals surface area contributed by atoms with Gasteiger partial charge in [0.05, 0.1) is 30.4 Å². The molecule has 2 saturated heterocycles. The lowest BCUT2D eigenvalue weighted by atomic mass is 10.1. The predicted octanol–water partition coefficient (Wildman–Crippen LogP) is 5.72. The summed E-state index contributed by atoms with van der Waals surface area (Å²) in [5.74, 6) is 1.29. The molecular formula is C36H48ClN9O5. The molecule has 14 nitrogen and oxygen atoms in total. The fraction of sp³-hybridized carbons (Fsp3) is 0.472. The van der Waals surface area contributed by atoms with Crippen molar-refractivity contribution in [3.63, 3.8) is 0 Å². The number of halogens is 1. The van der Waals surface area contributed by atoms with Crippen LogP contribution >= 0.6 is 11.6 Å². The van der Waals surface area contributed by atoms with Crippen molar-refractivity contribution in [2.24, 2.45) is 0 Å². The van der Waals surface area contributed by atoms with Gasteiger partial charge < -0.3 is 44.6 Å². The number of aromatic nitrogens is 2. The molecule has 0 saturated carbocycles. The fourth-order valence-corrected chi connectivity index (χ4v) is 6.11. The van der Waals surface area contributed by atoms with Gasteiger partial charge in [-0.1, -0.05) is 18.5 Å². The Morgan fingerprint density at radius 3 is 2.04 bits per heavy atom. The summed E-state index contributed by atoms with van der Waals surface area (Å²) in [6.07, 6.45) is 1.52. The number of carbonyl (C=O) groups excluding carboxylic acids is 3. The Morgan fingerprint density at radius 2 is 1.47 bits per heavy atom. The highest BCUT2D eigenvalue weighted by Crippen LogP contribution is 2.36. The second kappa shape index (κ2) is 15.9. The van der Waals surface area contributed by atoms with Gasteiger partial charge in [0, 0.05) is 90.2 Å². The smallest absolute Gasteiger partial charge is 0.410 e. The number of methoxy groups -OCH3 is 1. The van der Waals surface area contributed by atoms with E-state index >= 15 is 0 Å². The predicted molar refractivity (Wildman–Crippen MR) is 201 cm³/mol. The van der Waals surface area contributed by atoms with Crippen molar-refractivity contribution in [3.05, 3.63) is 47.6 Å². The maximum Gasteiger partial charge on any atom is 0.410 e. The molecule has 51 heavy (non-hydrogen) atoms. The zero-order chi connectivity index (χ0) is 36.9. The first-order chi connectivity index (χ1) is 24.3. The van der Waals surface area contributed by atoms with E-state index in [2.05, 4.69) is 30.4 Å². The van der Waals surface area contributed by atoms with Crippen LogP contribution in [0.25, 0.3) is 0 Å². The van der Waals surface area contributed by atoms with Crippen molar-refractivity contribution in [2.45, 2.75) is 46.6 Å². The SMILES string of the molecule is CCC(=O)N(C)c1cc(N2CCN(C(=O)OC(C)(C)C)CC2)ccc1Nc1nc(Nc2ccc(N3CCN(C(C)=O)CC3)cc2OC)ncc1Cl. The molecule has 2 N–H and O–H groups in total. The van der Waals surface area contributed by atoms with Gasteiger partial charge in [-0.3, -0.25) is 9.59 Å². The standard InChI is InChI=1S/C36H48ClN9O5/c1-8-32(48)42(6)30-21-25(44-17-19-46(20-18-44)35(49)51-36(3,4)5)9-11-28(30)39-33-27(37)23-38-34(41-33)40-29-12-10-26(22-31(29)50-7)45-15-13-43(14-16-45)24(2)47/h9-12,21-23H,8,13-20H2,1-7H3,(H2,38,39,40,41). The number of anilines is 7. The minimum absolute atomic E-state index is 0.0580. The molecule has 0 aliphatic carbocycles. The number of piperazine rings is 2. The molecule has 0 atom stereocenters. The number of amides is 3. The summed E-state index contributed by atoms with van der Waals surface area (Å²) in [6.45, 7) is 14.1. The van der Waals surface area contributed by atoms with Crippen molar-refractivity contribution in [3.8, 4) is 5.75 Å². The van der Waals surface area contributed by atoms with Crippen LogP contribution < -0.4 is 30.1 Å². The van der Waals surface area contributed by atoms with Crippen molar-refractivity contribution in [1.82, 2.24) is 19.8 Å². The number of benzene rings is 2. The lowest BCUT2D eigenvalue weighted by molar-refractivity contribution is -0.129. The maximum absolute atomic E-state index is 12.9. The van der Waals surface area contributed by atoms with Crippen molar-refractivity contribution in [2.75, 3.05) is 91.8 Å². The summed E-state index contributed by atoms with van der Waals surface area (Å²) in [7, 11) is 3.35. The number of carbonyl (C=O) groups is 3. The van der Waals surface area contributed by atoms with Gasteiger partial charge in [0.1, 0.15) is 16.4 Å². The summed E-state index contributed by atoms with van der Waals surface area (Å²) >= 11 is 6.60. The average molecular weight is 722 g/mol. The van der Waals surface area contributed by atoms with Crippen LogP contribution in [0.2, 0.25) is 5.02 Å². The molecule has 0 spiro atoms. The molecule has 3 heterocycles. The van der Waals surface area contributed by atoms with Gasteiger partial charge >= 0.3 is 6.09 Å². The first-order valence-corrected chi connectivity index (χ1v) is 17.5. The monoisotopic (exact) mass is 721 g/mol. The molecular weight excluding hydrogens is 674 g/mol. The van der Waals surface area contributed by atoms with E-state index in [4.69, 9.17) is 21.1 Å². The fourth-order valence-electron chi connectivity index (χ4n) is 5.97. The van der Waals surface area contributed by atoms with Gasteiger partial charge in [0.2, 0.25) is 17.8 Å². The normalized spacial score (nSPS) is 15.0. The molecule has 3 amide bonds. The van der Waals surface area contributed by atoms with E-state index in [0.29, 0.717) is 85.3 Å². The van der Waals surface area contributed by atoms with Gasteiger partial charge in [-0.05, 0) is 51.1 Å². The van der Waals surface area contributed by atoms with E-state index < -0.39 is 5.60 Å². The Hall–Kier alpha value is -4.98. The zero-order valence-corrected chi connectivity index (χ0v) is 31.2. The first kappa shape index (κ1) is 37.3.